The van der Waals surface area contributed by atoms with Crippen LogP contribution in [-0.2, 0) is 0 Å². The second-order valence-electron chi connectivity index (χ2n) is 0.958. The monoisotopic (exact) mass is 286 g/mol. The zero-order chi connectivity index (χ0) is 6.41. The van der Waals surface area contributed by atoms with Crippen molar-refractivity contribution in [3.05, 3.63) is 0 Å². The molecular formula is H3BaF6P. The first kappa shape index (κ1) is 12.3. The molecule has 0 amide bonds. The molecule has 0 unspecified atom stereocenters. The first-order valence-corrected chi connectivity index (χ1v) is 3.04. The minimum absolute atomic E-state index is 0. The quantitative estimate of drug-likeness (QED) is 0.364. The van der Waals surface area contributed by atoms with Crippen molar-refractivity contribution in [2.24, 2.45) is 0 Å². The van der Waals surface area contributed by atoms with Crippen LogP contribution < -0.4 is 0 Å². The molecule has 0 nitrogen and oxygen atoms in total. The van der Waals surface area contributed by atoms with E-state index >= 15 is 0 Å². The average Bonchev–Trinajstić information content (AvgIpc) is 0.592. The van der Waals surface area contributed by atoms with Crippen molar-refractivity contribution >= 4 is 56.7 Å². The Balaban J connectivity index is -0.0000000300. The summed E-state index contributed by atoms with van der Waals surface area (Å²) in [6.07, 6.45) is 0. The van der Waals surface area contributed by atoms with Gasteiger partial charge < -0.3 is 2.85 Å². The van der Waals surface area contributed by atoms with Crippen molar-refractivity contribution in [2.75, 3.05) is 0 Å². The maximum atomic E-state index is 9.87. The van der Waals surface area contributed by atoms with Gasteiger partial charge in [0.1, 0.15) is 0 Å². The van der Waals surface area contributed by atoms with Gasteiger partial charge in [-0.2, -0.15) is 0 Å². The van der Waals surface area contributed by atoms with Gasteiger partial charge in [-0.05, 0) is 0 Å². The van der Waals surface area contributed by atoms with E-state index in [0.29, 0.717) is 0 Å². The second-order valence-corrected chi connectivity index (χ2v) is 2.87. The van der Waals surface area contributed by atoms with Crippen LogP contribution in [0.5, 0.6) is 0 Å². The molecule has 0 fully saturated rings. The predicted octanol–water partition coefficient (Wildman–Crippen LogP) is 3.34. The predicted molar refractivity (Wildman–Crippen MR) is 22.7 cm³/mol. The fraction of sp³-hybridized carbons (Fsp3) is 0. The van der Waals surface area contributed by atoms with Gasteiger partial charge in [-0.1, -0.05) is 0 Å². The third kappa shape index (κ3) is 131. The van der Waals surface area contributed by atoms with Crippen LogP contribution in [0.2, 0.25) is 0 Å². The zero-order valence-corrected chi connectivity index (χ0v) is 8.76. The number of hydrogen-bond donors (Lipinski definition) is 0. The third-order valence-corrected chi connectivity index (χ3v) is 0. The van der Waals surface area contributed by atoms with E-state index in [1.165, 1.54) is 0 Å². The molecule has 52 valence electrons. The molecule has 8 heavy (non-hydrogen) atoms. The van der Waals surface area contributed by atoms with Crippen LogP contribution in [0.1, 0.15) is 4.28 Å². The molecule has 0 rings (SSSR count). The van der Waals surface area contributed by atoms with E-state index in [-0.39, 0.29) is 53.2 Å². The van der Waals surface area contributed by atoms with Crippen LogP contribution in [0.4, 0.5) is 25.2 Å². The Morgan fingerprint density at radius 3 is 0.875 bits per heavy atom. The van der Waals surface area contributed by atoms with Crippen molar-refractivity contribution in [1.29, 1.82) is 0 Å². The van der Waals surface area contributed by atoms with Crippen LogP contribution in [0, 0.1) is 0 Å². The molecule has 0 saturated heterocycles. The van der Waals surface area contributed by atoms with Crippen molar-refractivity contribution in [3.8, 4) is 0 Å². The van der Waals surface area contributed by atoms with Crippen molar-refractivity contribution in [2.45, 2.75) is 0 Å². The SMILES string of the molecule is F[P-](F)(F)(F)(F)F.[Ba+2].[H+].[H-].[H-]. The molecule has 0 N–H and O–H groups in total. The van der Waals surface area contributed by atoms with Gasteiger partial charge in [0.05, 0.1) is 0 Å². The topological polar surface area (TPSA) is 0 Å². The molecule has 0 heterocycles. The minimum Gasteiger partial charge on any atom is -1.00 e. The van der Waals surface area contributed by atoms with Crippen LogP contribution >= 0.6 is 7.81 Å². The summed E-state index contributed by atoms with van der Waals surface area (Å²) in [7, 11) is -10.7. The van der Waals surface area contributed by atoms with Crippen LogP contribution in [-0.4, -0.2) is 48.9 Å². The molecule has 0 aromatic rings. The van der Waals surface area contributed by atoms with Gasteiger partial charge in [0, 0.05) is 0 Å². The van der Waals surface area contributed by atoms with E-state index in [2.05, 4.69) is 0 Å². The van der Waals surface area contributed by atoms with E-state index in [9.17, 15) is 25.2 Å². The molecule has 8 heteroatoms. The smallest absolute Gasteiger partial charge is 1.00 e. The van der Waals surface area contributed by atoms with Crippen LogP contribution in [0.15, 0.2) is 0 Å². The molecule has 0 saturated carbocycles. The normalized spacial score (nSPS) is 20.2. The van der Waals surface area contributed by atoms with E-state index in [1.54, 1.807) is 0 Å². The van der Waals surface area contributed by atoms with Gasteiger partial charge in [0.2, 0.25) is 0 Å². The Hall–Kier alpha value is 1.58. The summed E-state index contributed by atoms with van der Waals surface area (Å²) in [6, 6.07) is 0. The number of hydrogen-bond acceptors (Lipinski definition) is 0. The Kier molecular flexibility index (Phi) is 2.75. The summed E-state index contributed by atoms with van der Waals surface area (Å²) < 4.78 is 59.2. The Morgan fingerprint density at radius 2 is 0.875 bits per heavy atom. The number of rotatable bonds is 0. The summed E-state index contributed by atoms with van der Waals surface area (Å²) in [5.74, 6) is 0. The Morgan fingerprint density at radius 1 is 0.875 bits per heavy atom. The van der Waals surface area contributed by atoms with E-state index in [1.807, 2.05) is 0 Å². The fourth-order valence-electron chi connectivity index (χ4n) is 0. The zero-order valence-electron chi connectivity index (χ0n) is 6.42. The van der Waals surface area contributed by atoms with Gasteiger partial charge >= 0.3 is 83.3 Å². The van der Waals surface area contributed by atoms with Gasteiger partial charge in [-0.3, -0.25) is 0 Å². The number of halogens is 6. The van der Waals surface area contributed by atoms with Gasteiger partial charge in [-0.15, -0.1) is 0 Å². The molecule has 0 radical (unpaired) electrons. The van der Waals surface area contributed by atoms with Gasteiger partial charge in [-0.25, -0.2) is 0 Å². The molecule has 0 aliphatic heterocycles. The van der Waals surface area contributed by atoms with Gasteiger partial charge in [0.25, 0.3) is 0 Å². The maximum Gasteiger partial charge on any atom is 2.00 e. The molecule has 0 aliphatic carbocycles. The van der Waals surface area contributed by atoms with Crippen molar-refractivity contribution < 1.29 is 29.5 Å². The molecular weight excluding hydrogens is 282 g/mol. The van der Waals surface area contributed by atoms with E-state index in [0.717, 1.165) is 0 Å². The van der Waals surface area contributed by atoms with E-state index in [4.69, 9.17) is 0 Å². The first-order chi connectivity index (χ1) is 2.45. The van der Waals surface area contributed by atoms with Gasteiger partial charge in [0.15, 0.2) is 0 Å². The van der Waals surface area contributed by atoms with Crippen LogP contribution in [0.25, 0.3) is 0 Å². The fourth-order valence-corrected chi connectivity index (χ4v) is 0. The second kappa shape index (κ2) is 1.79. The minimum atomic E-state index is -10.7. The summed E-state index contributed by atoms with van der Waals surface area (Å²) in [6.45, 7) is 0. The van der Waals surface area contributed by atoms with Crippen molar-refractivity contribution in [3.63, 3.8) is 0 Å². The third-order valence-electron chi connectivity index (χ3n) is 0. The largest absolute Gasteiger partial charge is 2.00 e. The average molecular weight is 285 g/mol. The molecule has 0 aliphatic rings. The molecule has 0 aromatic heterocycles. The van der Waals surface area contributed by atoms with Crippen LogP contribution in [0.3, 0.4) is 0 Å². The molecule has 0 atom stereocenters. The molecule has 0 spiro atoms. The Labute approximate surface area is 85.4 Å². The summed E-state index contributed by atoms with van der Waals surface area (Å²) in [5.41, 5.74) is 0. The molecule has 0 bridgehead atoms. The molecule has 0 aromatic carbocycles. The summed E-state index contributed by atoms with van der Waals surface area (Å²) in [5, 5.41) is 0. The maximum absolute atomic E-state index is 10.7. The Bertz CT molecular complexity index is 76.4. The summed E-state index contributed by atoms with van der Waals surface area (Å²) in [4.78, 5) is 0. The van der Waals surface area contributed by atoms with Crippen molar-refractivity contribution in [1.82, 2.24) is 0 Å². The van der Waals surface area contributed by atoms with E-state index < -0.39 is 7.81 Å². The standard InChI is InChI=1S/Ba.F6P.2H/c;1-7(2,3,4,5)6;;/q+2;3*-1/p+1. The summed E-state index contributed by atoms with van der Waals surface area (Å²) >= 11 is 0. The first-order valence-electron chi connectivity index (χ1n) is 1.01.